The molecule has 35 heavy (non-hydrogen) atoms. The molecule has 2 amide bonds. The standard InChI is InChI=1S/C25H25Cl2N3O4S/c1-18(25(32)28-2)29(16-19-11-13-20(26)14-12-19)24(31)17-30(22-8-6-7-21(27)15-22)35(33,34)23-9-4-3-5-10-23/h3-15,18H,16-17H2,1-2H3,(H,28,32)/t18-/m1/s1. The Labute approximate surface area is 215 Å². The van der Waals surface area contributed by atoms with E-state index >= 15 is 0 Å². The summed E-state index contributed by atoms with van der Waals surface area (Å²) < 4.78 is 28.2. The first-order valence-electron chi connectivity index (χ1n) is 10.7. The summed E-state index contributed by atoms with van der Waals surface area (Å²) in [6.45, 7) is 1.13. The Kier molecular flexibility index (Phi) is 8.77. The second kappa shape index (κ2) is 11.6. The summed E-state index contributed by atoms with van der Waals surface area (Å²) in [5.41, 5.74) is 0.965. The number of rotatable bonds is 9. The summed E-state index contributed by atoms with van der Waals surface area (Å²) >= 11 is 12.1. The molecule has 184 valence electrons. The van der Waals surface area contributed by atoms with Gasteiger partial charge in [-0.15, -0.1) is 0 Å². The molecular weight excluding hydrogens is 509 g/mol. The van der Waals surface area contributed by atoms with Crippen molar-refractivity contribution >= 4 is 50.7 Å². The number of sulfonamides is 1. The van der Waals surface area contributed by atoms with Crippen LogP contribution in [0.15, 0.2) is 83.8 Å². The molecule has 0 aliphatic heterocycles. The molecule has 3 aromatic carbocycles. The van der Waals surface area contributed by atoms with Crippen molar-refractivity contribution in [3.8, 4) is 0 Å². The van der Waals surface area contributed by atoms with E-state index in [4.69, 9.17) is 23.2 Å². The SMILES string of the molecule is CNC(=O)[C@@H](C)N(Cc1ccc(Cl)cc1)C(=O)CN(c1cccc(Cl)c1)S(=O)(=O)c1ccccc1. The summed E-state index contributed by atoms with van der Waals surface area (Å²) in [5, 5.41) is 3.39. The molecule has 0 unspecified atom stereocenters. The zero-order valence-corrected chi connectivity index (χ0v) is 21.5. The van der Waals surface area contributed by atoms with Gasteiger partial charge in [-0.2, -0.15) is 0 Å². The molecule has 0 radical (unpaired) electrons. The van der Waals surface area contributed by atoms with E-state index in [0.29, 0.717) is 10.0 Å². The van der Waals surface area contributed by atoms with Gasteiger partial charge in [0.2, 0.25) is 11.8 Å². The molecule has 0 aliphatic carbocycles. The van der Waals surface area contributed by atoms with E-state index in [1.165, 1.54) is 30.1 Å². The highest BCUT2D eigenvalue weighted by Gasteiger charge is 2.32. The maximum atomic E-state index is 13.6. The highest BCUT2D eigenvalue weighted by Crippen LogP contribution is 2.26. The van der Waals surface area contributed by atoms with Crippen LogP contribution in [0.5, 0.6) is 0 Å². The largest absolute Gasteiger partial charge is 0.357 e. The van der Waals surface area contributed by atoms with Gasteiger partial charge in [-0.25, -0.2) is 8.42 Å². The lowest BCUT2D eigenvalue weighted by atomic mass is 10.1. The predicted molar refractivity (Wildman–Crippen MR) is 138 cm³/mol. The van der Waals surface area contributed by atoms with E-state index in [1.807, 2.05) is 0 Å². The van der Waals surface area contributed by atoms with Crippen LogP contribution in [0.2, 0.25) is 10.0 Å². The van der Waals surface area contributed by atoms with Gasteiger partial charge in [-0.3, -0.25) is 13.9 Å². The molecule has 10 heteroatoms. The van der Waals surface area contributed by atoms with E-state index < -0.39 is 28.5 Å². The van der Waals surface area contributed by atoms with E-state index in [2.05, 4.69) is 5.32 Å². The fourth-order valence-corrected chi connectivity index (χ4v) is 5.20. The quantitative estimate of drug-likeness (QED) is 0.442. The lowest BCUT2D eigenvalue weighted by Crippen LogP contribution is -2.50. The second-order valence-electron chi connectivity index (χ2n) is 7.74. The lowest BCUT2D eigenvalue weighted by Gasteiger charge is -2.31. The number of benzene rings is 3. The Balaban J connectivity index is 2.01. The first kappa shape index (κ1) is 26.5. The molecule has 0 heterocycles. The average molecular weight is 534 g/mol. The molecule has 0 fully saturated rings. The fraction of sp³-hybridized carbons (Fsp3) is 0.200. The van der Waals surface area contributed by atoms with E-state index in [9.17, 15) is 18.0 Å². The van der Waals surface area contributed by atoms with Crippen molar-refractivity contribution in [2.24, 2.45) is 0 Å². The van der Waals surface area contributed by atoms with Crippen LogP contribution in [0.3, 0.4) is 0 Å². The number of nitrogens with one attached hydrogen (secondary N) is 1. The highest BCUT2D eigenvalue weighted by atomic mass is 35.5. The van der Waals surface area contributed by atoms with Crippen molar-refractivity contribution in [3.05, 3.63) is 94.5 Å². The lowest BCUT2D eigenvalue weighted by molar-refractivity contribution is -0.139. The molecule has 0 spiro atoms. The van der Waals surface area contributed by atoms with Crippen molar-refractivity contribution in [1.82, 2.24) is 10.2 Å². The van der Waals surface area contributed by atoms with Gasteiger partial charge in [-0.05, 0) is 55.0 Å². The van der Waals surface area contributed by atoms with Crippen LogP contribution in [0.4, 0.5) is 5.69 Å². The van der Waals surface area contributed by atoms with Gasteiger partial charge in [0.25, 0.3) is 10.0 Å². The molecular formula is C25H25Cl2N3O4S. The van der Waals surface area contributed by atoms with Gasteiger partial charge in [0.1, 0.15) is 12.6 Å². The minimum atomic E-state index is -4.12. The molecule has 0 aliphatic rings. The monoisotopic (exact) mass is 533 g/mol. The maximum absolute atomic E-state index is 13.6. The molecule has 1 atom stereocenters. The fourth-order valence-electron chi connectivity index (χ4n) is 3.46. The number of amides is 2. The number of nitrogens with zero attached hydrogens (tertiary/aromatic N) is 2. The van der Waals surface area contributed by atoms with Crippen LogP contribution in [-0.2, 0) is 26.2 Å². The van der Waals surface area contributed by atoms with Crippen LogP contribution < -0.4 is 9.62 Å². The van der Waals surface area contributed by atoms with Gasteiger partial charge < -0.3 is 10.2 Å². The van der Waals surface area contributed by atoms with Crippen LogP contribution in [0, 0.1) is 0 Å². The third-order valence-electron chi connectivity index (χ3n) is 5.39. The molecule has 7 nitrogen and oxygen atoms in total. The first-order valence-corrected chi connectivity index (χ1v) is 12.9. The van der Waals surface area contributed by atoms with Gasteiger partial charge in [0.15, 0.2) is 0 Å². The average Bonchev–Trinajstić information content (AvgIpc) is 2.86. The van der Waals surface area contributed by atoms with Crippen LogP contribution in [-0.4, -0.2) is 44.8 Å². The third kappa shape index (κ3) is 6.54. The van der Waals surface area contributed by atoms with Crippen LogP contribution in [0.1, 0.15) is 12.5 Å². The summed E-state index contributed by atoms with van der Waals surface area (Å²) in [6.07, 6.45) is 0. The van der Waals surface area contributed by atoms with Gasteiger partial charge >= 0.3 is 0 Å². The second-order valence-corrected chi connectivity index (χ2v) is 10.5. The van der Waals surface area contributed by atoms with Crippen molar-refractivity contribution in [2.75, 3.05) is 17.9 Å². The van der Waals surface area contributed by atoms with E-state index in [1.54, 1.807) is 67.6 Å². The summed E-state index contributed by atoms with van der Waals surface area (Å²) in [7, 11) is -2.65. The molecule has 3 rings (SSSR count). The zero-order valence-electron chi connectivity index (χ0n) is 19.2. The number of likely N-dealkylation sites (N-methyl/N-ethyl adjacent to an activating group) is 1. The Bertz CT molecular complexity index is 1290. The topological polar surface area (TPSA) is 86.8 Å². The third-order valence-corrected chi connectivity index (χ3v) is 7.66. The molecule has 1 N–H and O–H groups in total. The minimum Gasteiger partial charge on any atom is -0.357 e. The summed E-state index contributed by atoms with van der Waals surface area (Å²) in [5.74, 6) is -0.942. The number of halogens is 2. The summed E-state index contributed by atoms with van der Waals surface area (Å²) in [6, 6.07) is 20.1. The van der Waals surface area contributed by atoms with Crippen LogP contribution >= 0.6 is 23.2 Å². The smallest absolute Gasteiger partial charge is 0.264 e. The van der Waals surface area contributed by atoms with Crippen molar-refractivity contribution < 1.29 is 18.0 Å². The normalized spacial score (nSPS) is 12.0. The molecule has 0 bridgehead atoms. The predicted octanol–water partition coefficient (Wildman–Crippen LogP) is 4.35. The summed E-state index contributed by atoms with van der Waals surface area (Å²) in [4.78, 5) is 27.4. The van der Waals surface area contributed by atoms with E-state index in [-0.39, 0.29) is 23.0 Å². The number of anilines is 1. The van der Waals surface area contributed by atoms with Gasteiger partial charge in [0, 0.05) is 23.6 Å². The molecule has 0 saturated carbocycles. The molecule has 0 aromatic heterocycles. The molecule has 0 saturated heterocycles. The Morgan fingerprint density at radius 1 is 0.914 bits per heavy atom. The maximum Gasteiger partial charge on any atom is 0.264 e. The van der Waals surface area contributed by atoms with Crippen molar-refractivity contribution in [2.45, 2.75) is 24.4 Å². The number of carbonyl (C=O) groups is 2. The zero-order chi connectivity index (χ0) is 25.6. The highest BCUT2D eigenvalue weighted by molar-refractivity contribution is 7.92. The number of hydrogen-bond donors (Lipinski definition) is 1. The minimum absolute atomic E-state index is 0.0244. The van der Waals surface area contributed by atoms with Crippen molar-refractivity contribution in [3.63, 3.8) is 0 Å². The van der Waals surface area contributed by atoms with Crippen LogP contribution in [0.25, 0.3) is 0 Å². The Morgan fingerprint density at radius 2 is 1.57 bits per heavy atom. The van der Waals surface area contributed by atoms with Gasteiger partial charge in [0.05, 0.1) is 10.6 Å². The van der Waals surface area contributed by atoms with Gasteiger partial charge in [-0.1, -0.05) is 59.6 Å². The Morgan fingerprint density at radius 3 is 2.17 bits per heavy atom. The number of hydrogen-bond acceptors (Lipinski definition) is 4. The van der Waals surface area contributed by atoms with Crippen molar-refractivity contribution in [1.29, 1.82) is 0 Å². The first-order chi connectivity index (χ1) is 16.6. The Hall–Kier alpha value is -3.07. The molecule has 3 aromatic rings. The number of carbonyl (C=O) groups excluding carboxylic acids is 2. The van der Waals surface area contributed by atoms with E-state index in [0.717, 1.165) is 9.87 Å².